The van der Waals surface area contributed by atoms with Crippen LogP contribution in [0, 0.1) is 5.82 Å². The molecule has 0 atom stereocenters. The van der Waals surface area contributed by atoms with Crippen LogP contribution in [0.15, 0.2) is 42.5 Å². The highest BCUT2D eigenvalue weighted by atomic mass is 35.5. The topological polar surface area (TPSA) is 17.1 Å². The van der Waals surface area contributed by atoms with E-state index in [1.54, 1.807) is 24.3 Å². The van der Waals surface area contributed by atoms with Crippen molar-refractivity contribution in [3.63, 3.8) is 0 Å². The average molecular weight is 277 g/mol. The second kappa shape index (κ2) is 5.98. The van der Waals surface area contributed by atoms with Crippen LogP contribution in [-0.4, -0.2) is 5.78 Å². The van der Waals surface area contributed by atoms with Gasteiger partial charge in [0, 0.05) is 17.0 Å². The summed E-state index contributed by atoms with van der Waals surface area (Å²) in [6.07, 6.45) is 0.981. The molecule has 0 saturated carbocycles. The number of ketones is 1. The van der Waals surface area contributed by atoms with Crippen LogP contribution in [0.3, 0.4) is 0 Å². The van der Waals surface area contributed by atoms with Gasteiger partial charge in [0.05, 0.1) is 0 Å². The molecule has 0 amide bonds. The van der Waals surface area contributed by atoms with Crippen LogP contribution in [0.25, 0.3) is 0 Å². The number of rotatable bonds is 4. The van der Waals surface area contributed by atoms with E-state index in [2.05, 4.69) is 6.92 Å². The molecule has 2 aromatic rings. The lowest BCUT2D eigenvalue weighted by Gasteiger charge is -2.04. The maximum atomic E-state index is 13.6. The van der Waals surface area contributed by atoms with Crippen LogP contribution in [0.2, 0.25) is 5.02 Å². The number of benzene rings is 2. The molecule has 0 aliphatic heterocycles. The smallest absolute Gasteiger partial charge is 0.167 e. The SMILES string of the molecule is CCc1ccc(C(=O)Cc2ccc(Cl)cc2F)cc1. The van der Waals surface area contributed by atoms with Gasteiger partial charge in [-0.15, -0.1) is 0 Å². The maximum Gasteiger partial charge on any atom is 0.167 e. The Kier molecular flexibility index (Phi) is 4.33. The number of carbonyl (C=O) groups is 1. The Hall–Kier alpha value is -1.67. The molecule has 2 aromatic carbocycles. The highest BCUT2D eigenvalue weighted by Crippen LogP contribution is 2.17. The first-order valence-electron chi connectivity index (χ1n) is 6.16. The highest BCUT2D eigenvalue weighted by Gasteiger charge is 2.10. The molecule has 0 saturated heterocycles. The monoisotopic (exact) mass is 276 g/mol. The number of hydrogen-bond acceptors (Lipinski definition) is 1. The van der Waals surface area contributed by atoms with E-state index >= 15 is 0 Å². The molecule has 98 valence electrons. The zero-order valence-corrected chi connectivity index (χ0v) is 11.4. The third-order valence-electron chi connectivity index (χ3n) is 3.05. The van der Waals surface area contributed by atoms with Gasteiger partial charge in [-0.3, -0.25) is 4.79 Å². The molecule has 0 radical (unpaired) electrons. The second-order valence-corrected chi connectivity index (χ2v) is 4.82. The molecule has 0 heterocycles. The zero-order chi connectivity index (χ0) is 13.8. The molecule has 3 heteroatoms. The van der Waals surface area contributed by atoms with Crippen molar-refractivity contribution >= 4 is 17.4 Å². The molecule has 1 nitrogen and oxygen atoms in total. The highest BCUT2D eigenvalue weighted by molar-refractivity contribution is 6.30. The number of carbonyl (C=O) groups excluding carboxylic acids is 1. The van der Waals surface area contributed by atoms with Crippen molar-refractivity contribution < 1.29 is 9.18 Å². The summed E-state index contributed by atoms with van der Waals surface area (Å²) in [6.45, 7) is 2.06. The molecule has 0 fully saturated rings. The Labute approximate surface area is 117 Å². The van der Waals surface area contributed by atoms with E-state index in [9.17, 15) is 9.18 Å². The van der Waals surface area contributed by atoms with Gasteiger partial charge in [0.25, 0.3) is 0 Å². The summed E-state index contributed by atoms with van der Waals surface area (Å²) in [4.78, 5) is 12.1. The van der Waals surface area contributed by atoms with E-state index in [0.717, 1.165) is 6.42 Å². The molecular formula is C16H14ClFO. The Morgan fingerprint density at radius 2 is 1.84 bits per heavy atom. The van der Waals surface area contributed by atoms with Crippen molar-refractivity contribution in [1.29, 1.82) is 0 Å². The maximum absolute atomic E-state index is 13.6. The zero-order valence-electron chi connectivity index (χ0n) is 10.6. The molecule has 2 rings (SSSR count). The lowest BCUT2D eigenvalue weighted by atomic mass is 10.0. The van der Waals surface area contributed by atoms with E-state index in [0.29, 0.717) is 16.1 Å². The fourth-order valence-corrected chi connectivity index (χ4v) is 2.03. The molecular weight excluding hydrogens is 263 g/mol. The molecule has 0 unspecified atom stereocenters. The first kappa shape index (κ1) is 13.8. The molecule has 0 aliphatic carbocycles. The summed E-state index contributed by atoms with van der Waals surface area (Å²) in [7, 11) is 0. The minimum absolute atomic E-state index is 0.0501. The molecule has 0 aromatic heterocycles. The average Bonchev–Trinajstić information content (AvgIpc) is 2.42. The van der Waals surface area contributed by atoms with Crippen molar-refractivity contribution in [2.75, 3.05) is 0 Å². The van der Waals surface area contributed by atoms with Gasteiger partial charge >= 0.3 is 0 Å². The molecule has 0 N–H and O–H groups in total. The number of halogens is 2. The van der Waals surface area contributed by atoms with Gasteiger partial charge in [-0.2, -0.15) is 0 Å². The largest absolute Gasteiger partial charge is 0.294 e. The van der Waals surface area contributed by atoms with Gasteiger partial charge < -0.3 is 0 Å². The first-order valence-corrected chi connectivity index (χ1v) is 6.54. The van der Waals surface area contributed by atoms with Crippen LogP contribution in [-0.2, 0) is 12.8 Å². The van der Waals surface area contributed by atoms with Crippen LogP contribution in [0.4, 0.5) is 4.39 Å². The Bertz CT molecular complexity index is 590. The van der Waals surface area contributed by atoms with Crippen LogP contribution >= 0.6 is 11.6 Å². The lowest BCUT2D eigenvalue weighted by Crippen LogP contribution is -2.05. The predicted octanol–water partition coefficient (Wildman–Crippen LogP) is 4.47. The van der Waals surface area contributed by atoms with Crippen molar-refractivity contribution in [3.05, 3.63) is 70.0 Å². The molecule has 0 spiro atoms. The first-order chi connectivity index (χ1) is 9.10. The fraction of sp³-hybridized carbons (Fsp3) is 0.188. The Morgan fingerprint density at radius 1 is 1.16 bits per heavy atom. The quantitative estimate of drug-likeness (QED) is 0.753. The number of aryl methyl sites for hydroxylation is 1. The van der Waals surface area contributed by atoms with Crippen molar-refractivity contribution in [3.8, 4) is 0 Å². The van der Waals surface area contributed by atoms with Gasteiger partial charge in [0.1, 0.15) is 5.82 Å². The van der Waals surface area contributed by atoms with Crippen molar-refractivity contribution in [2.24, 2.45) is 0 Å². The third kappa shape index (κ3) is 3.42. The van der Waals surface area contributed by atoms with Crippen LogP contribution in [0.1, 0.15) is 28.4 Å². The van der Waals surface area contributed by atoms with Gasteiger partial charge in [0.2, 0.25) is 0 Å². The van der Waals surface area contributed by atoms with E-state index < -0.39 is 5.82 Å². The van der Waals surface area contributed by atoms with Crippen molar-refractivity contribution in [1.82, 2.24) is 0 Å². The number of Topliss-reactive ketones (excluding diaryl/α,β-unsaturated/α-hetero) is 1. The standard InChI is InChI=1S/C16H14ClFO/c1-2-11-3-5-12(6-4-11)16(19)9-13-7-8-14(17)10-15(13)18/h3-8,10H,2,9H2,1H3. The van der Waals surface area contributed by atoms with Crippen LogP contribution in [0.5, 0.6) is 0 Å². The summed E-state index contributed by atoms with van der Waals surface area (Å²) >= 11 is 5.68. The van der Waals surface area contributed by atoms with Gasteiger partial charge in [-0.25, -0.2) is 4.39 Å². The summed E-state index contributed by atoms with van der Waals surface area (Å²) in [5.41, 5.74) is 2.15. The normalized spacial score (nSPS) is 10.5. The van der Waals surface area contributed by atoms with E-state index in [-0.39, 0.29) is 12.2 Å². The minimum Gasteiger partial charge on any atom is -0.294 e. The van der Waals surface area contributed by atoms with Gasteiger partial charge in [0.15, 0.2) is 5.78 Å². The lowest BCUT2D eigenvalue weighted by molar-refractivity contribution is 0.0992. The van der Waals surface area contributed by atoms with Gasteiger partial charge in [-0.1, -0.05) is 48.9 Å². The van der Waals surface area contributed by atoms with Gasteiger partial charge in [-0.05, 0) is 29.7 Å². The summed E-state index contributed by atoms with van der Waals surface area (Å²) in [6, 6.07) is 11.8. The molecule has 0 bridgehead atoms. The molecule has 19 heavy (non-hydrogen) atoms. The number of hydrogen-bond donors (Lipinski definition) is 0. The van der Waals surface area contributed by atoms with Crippen molar-refractivity contribution in [2.45, 2.75) is 19.8 Å². The summed E-state index contributed by atoms with van der Waals surface area (Å²) in [5.74, 6) is -0.532. The van der Waals surface area contributed by atoms with Crippen LogP contribution < -0.4 is 0 Å². The Morgan fingerprint density at radius 3 is 2.42 bits per heavy atom. The van der Waals surface area contributed by atoms with E-state index in [1.807, 2.05) is 12.1 Å². The van der Waals surface area contributed by atoms with E-state index in [1.165, 1.54) is 11.6 Å². The Balaban J connectivity index is 2.15. The predicted molar refractivity (Wildman–Crippen MR) is 75.3 cm³/mol. The molecule has 0 aliphatic rings. The minimum atomic E-state index is -0.439. The third-order valence-corrected chi connectivity index (χ3v) is 3.29. The van der Waals surface area contributed by atoms with E-state index in [4.69, 9.17) is 11.6 Å². The summed E-state index contributed by atoms with van der Waals surface area (Å²) in [5, 5.41) is 0.334. The fourth-order valence-electron chi connectivity index (χ4n) is 1.87. The second-order valence-electron chi connectivity index (χ2n) is 4.39. The summed E-state index contributed by atoms with van der Waals surface area (Å²) < 4.78 is 13.6.